The highest BCUT2D eigenvalue weighted by molar-refractivity contribution is 9.11. The number of nitrogens with one attached hydrogen (secondary N) is 1. The third-order valence-corrected chi connectivity index (χ3v) is 4.11. The Hall–Kier alpha value is -0.880. The van der Waals surface area contributed by atoms with Crippen LogP contribution in [-0.4, -0.2) is 36.9 Å². The molecule has 1 N–H and O–H groups in total. The number of halogens is 2. The van der Waals surface area contributed by atoms with Gasteiger partial charge in [0.1, 0.15) is 6.04 Å². The van der Waals surface area contributed by atoms with Crippen molar-refractivity contribution >= 4 is 43.7 Å². The highest BCUT2D eigenvalue weighted by atomic mass is 79.9. The summed E-state index contributed by atoms with van der Waals surface area (Å²) in [5.74, 6) is -0.0441. The van der Waals surface area contributed by atoms with Gasteiger partial charge in [0, 0.05) is 23.0 Å². The molecule has 0 heterocycles. The molecule has 21 heavy (non-hydrogen) atoms. The molecule has 1 rings (SSSR count). The fourth-order valence-corrected chi connectivity index (χ4v) is 2.70. The van der Waals surface area contributed by atoms with E-state index >= 15 is 0 Å². The molecule has 2 amide bonds. The molecule has 1 aromatic carbocycles. The van der Waals surface area contributed by atoms with Gasteiger partial charge in [-0.15, -0.1) is 0 Å². The van der Waals surface area contributed by atoms with Gasteiger partial charge in [-0.1, -0.05) is 29.8 Å². The van der Waals surface area contributed by atoms with Gasteiger partial charge in [-0.2, -0.15) is 0 Å². The van der Waals surface area contributed by atoms with Crippen molar-refractivity contribution in [2.24, 2.45) is 5.92 Å². The van der Waals surface area contributed by atoms with Crippen LogP contribution in [-0.2, 0) is 4.79 Å². The topological polar surface area (TPSA) is 49.4 Å². The van der Waals surface area contributed by atoms with Gasteiger partial charge in [0.25, 0.3) is 5.91 Å². The SMILES string of the molecule is CC(C)CC(NC(=O)c1cc(Br)ccc1Br)C(=O)N(C)C. The fourth-order valence-electron chi connectivity index (χ4n) is 1.91. The van der Waals surface area contributed by atoms with Crippen LogP contribution in [0.4, 0.5) is 0 Å². The molecule has 116 valence electrons. The molecule has 4 nitrogen and oxygen atoms in total. The van der Waals surface area contributed by atoms with Crippen molar-refractivity contribution in [3.05, 3.63) is 32.7 Å². The van der Waals surface area contributed by atoms with Crippen molar-refractivity contribution < 1.29 is 9.59 Å². The van der Waals surface area contributed by atoms with Gasteiger partial charge in [-0.05, 0) is 46.5 Å². The fraction of sp³-hybridized carbons (Fsp3) is 0.467. The van der Waals surface area contributed by atoms with Crippen LogP contribution in [0, 0.1) is 5.92 Å². The Morgan fingerprint density at radius 1 is 1.24 bits per heavy atom. The van der Waals surface area contributed by atoms with Crippen LogP contribution in [0.25, 0.3) is 0 Å². The highest BCUT2D eigenvalue weighted by Crippen LogP contribution is 2.22. The normalized spacial score (nSPS) is 12.1. The van der Waals surface area contributed by atoms with E-state index in [0.29, 0.717) is 22.4 Å². The minimum absolute atomic E-state index is 0.0943. The maximum absolute atomic E-state index is 12.4. The molecule has 0 aliphatic rings. The van der Waals surface area contributed by atoms with E-state index < -0.39 is 6.04 Å². The predicted octanol–water partition coefficient (Wildman–Crippen LogP) is 3.44. The van der Waals surface area contributed by atoms with Gasteiger partial charge in [0.05, 0.1) is 5.56 Å². The second kappa shape index (κ2) is 7.94. The maximum atomic E-state index is 12.4. The first-order valence-corrected chi connectivity index (χ1v) is 8.28. The summed E-state index contributed by atoms with van der Waals surface area (Å²) in [6.07, 6.45) is 0.606. The van der Waals surface area contributed by atoms with E-state index in [1.807, 2.05) is 19.9 Å². The van der Waals surface area contributed by atoms with E-state index in [0.717, 1.165) is 4.47 Å². The Balaban J connectivity index is 2.94. The average molecular weight is 420 g/mol. The quantitative estimate of drug-likeness (QED) is 0.794. The molecule has 1 aromatic rings. The van der Waals surface area contributed by atoms with E-state index in [2.05, 4.69) is 37.2 Å². The van der Waals surface area contributed by atoms with Gasteiger partial charge in [-0.25, -0.2) is 0 Å². The summed E-state index contributed by atoms with van der Waals surface area (Å²) in [5.41, 5.74) is 0.504. The van der Waals surface area contributed by atoms with E-state index in [1.165, 1.54) is 4.90 Å². The van der Waals surface area contributed by atoms with Crippen LogP contribution in [0.5, 0.6) is 0 Å². The van der Waals surface area contributed by atoms with E-state index in [9.17, 15) is 9.59 Å². The molecule has 0 saturated heterocycles. The first-order valence-electron chi connectivity index (χ1n) is 6.69. The van der Waals surface area contributed by atoms with E-state index in [4.69, 9.17) is 0 Å². The number of hydrogen-bond donors (Lipinski definition) is 1. The number of carbonyl (C=O) groups is 2. The van der Waals surface area contributed by atoms with Crippen molar-refractivity contribution in [3.63, 3.8) is 0 Å². The molecule has 0 aromatic heterocycles. The van der Waals surface area contributed by atoms with Gasteiger partial charge >= 0.3 is 0 Å². The Kier molecular flexibility index (Phi) is 6.87. The van der Waals surface area contributed by atoms with Crippen molar-refractivity contribution in [3.8, 4) is 0 Å². The molecule has 0 radical (unpaired) electrons. The highest BCUT2D eigenvalue weighted by Gasteiger charge is 2.24. The Labute approximate surface area is 142 Å². The Morgan fingerprint density at radius 2 is 1.86 bits per heavy atom. The van der Waals surface area contributed by atoms with Gasteiger partial charge in [0.2, 0.25) is 5.91 Å². The summed E-state index contributed by atoms with van der Waals surface area (Å²) < 4.78 is 1.51. The van der Waals surface area contributed by atoms with Crippen molar-refractivity contribution in [1.82, 2.24) is 10.2 Å². The van der Waals surface area contributed by atoms with E-state index in [1.54, 1.807) is 26.2 Å². The van der Waals surface area contributed by atoms with E-state index in [-0.39, 0.29) is 11.8 Å². The van der Waals surface area contributed by atoms with Crippen molar-refractivity contribution in [1.29, 1.82) is 0 Å². The number of carbonyl (C=O) groups excluding carboxylic acids is 2. The third kappa shape index (κ3) is 5.43. The number of hydrogen-bond acceptors (Lipinski definition) is 2. The number of likely N-dealkylation sites (N-methyl/N-ethyl adjacent to an activating group) is 1. The lowest BCUT2D eigenvalue weighted by molar-refractivity contribution is -0.131. The van der Waals surface area contributed by atoms with Crippen LogP contribution >= 0.6 is 31.9 Å². The molecule has 0 aliphatic heterocycles. The van der Waals surface area contributed by atoms with Crippen LogP contribution in [0.15, 0.2) is 27.1 Å². The second-order valence-corrected chi connectivity index (χ2v) is 7.28. The molecule has 6 heteroatoms. The van der Waals surface area contributed by atoms with Gasteiger partial charge < -0.3 is 10.2 Å². The van der Waals surface area contributed by atoms with Crippen molar-refractivity contribution in [2.75, 3.05) is 14.1 Å². The van der Waals surface area contributed by atoms with Gasteiger partial charge in [0.15, 0.2) is 0 Å². The summed E-state index contributed by atoms with van der Waals surface area (Å²) in [4.78, 5) is 26.1. The molecule has 1 unspecified atom stereocenters. The standard InChI is InChI=1S/C15H20Br2N2O2/c1-9(2)7-13(15(21)19(3)4)18-14(20)11-8-10(16)5-6-12(11)17/h5-6,8-9,13H,7H2,1-4H3,(H,18,20). The number of amides is 2. The van der Waals surface area contributed by atoms with Crippen LogP contribution in [0.1, 0.15) is 30.6 Å². The number of rotatable bonds is 5. The van der Waals surface area contributed by atoms with Crippen molar-refractivity contribution in [2.45, 2.75) is 26.3 Å². The summed E-state index contributed by atoms with van der Waals surface area (Å²) in [6.45, 7) is 4.05. The zero-order valence-corrected chi connectivity index (χ0v) is 15.8. The summed E-state index contributed by atoms with van der Waals surface area (Å²) >= 11 is 6.71. The minimum atomic E-state index is -0.515. The summed E-state index contributed by atoms with van der Waals surface area (Å²) in [6, 6.07) is 4.85. The van der Waals surface area contributed by atoms with Gasteiger partial charge in [-0.3, -0.25) is 9.59 Å². The molecule has 0 fully saturated rings. The molecule has 0 bridgehead atoms. The minimum Gasteiger partial charge on any atom is -0.347 e. The predicted molar refractivity (Wildman–Crippen MR) is 91.2 cm³/mol. The molecule has 0 aliphatic carbocycles. The van der Waals surface area contributed by atoms with Crippen LogP contribution < -0.4 is 5.32 Å². The molecular formula is C15H20Br2N2O2. The van der Waals surface area contributed by atoms with Crippen LogP contribution in [0.3, 0.4) is 0 Å². The lowest BCUT2D eigenvalue weighted by atomic mass is 10.0. The zero-order valence-electron chi connectivity index (χ0n) is 12.6. The molecule has 1 atom stereocenters. The summed E-state index contributed by atoms with van der Waals surface area (Å²) in [7, 11) is 3.38. The molecular weight excluding hydrogens is 400 g/mol. The Morgan fingerprint density at radius 3 is 2.38 bits per heavy atom. The monoisotopic (exact) mass is 418 g/mol. The smallest absolute Gasteiger partial charge is 0.253 e. The first kappa shape index (κ1) is 18.2. The summed E-state index contributed by atoms with van der Waals surface area (Å²) in [5, 5.41) is 2.83. The maximum Gasteiger partial charge on any atom is 0.253 e. The lowest BCUT2D eigenvalue weighted by Crippen LogP contribution is -2.47. The number of benzene rings is 1. The first-order chi connectivity index (χ1) is 9.72. The largest absolute Gasteiger partial charge is 0.347 e. The lowest BCUT2D eigenvalue weighted by Gasteiger charge is -2.23. The zero-order chi connectivity index (χ0) is 16.2. The second-order valence-electron chi connectivity index (χ2n) is 5.51. The average Bonchev–Trinajstić information content (AvgIpc) is 2.39. The van der Waals surface area contributed by atoms with Crippen LogP contribution in [0.2, 0.25) is 0 Å². The Bertz CT molecular complexity index is 530. The molecule has 0 spiro atoms. The number of nitrogens with zero attached hydrogens (tertiary/aromatic N) is 1. The third-order valence-electron chi connectivity index (χ3n) is 2.92. The molecule has 0 saturated carbocycles.